The van der Waals surface area contributed by atoms with E-state index in [-0.39, 0.29) is 24.9 Å². The summed E-state index contributed by atoms with van der Waals surface area (Å²) in [7, 11) is -2.97. The fourth-order valence-electron chi connectivity index (χ4n) is 1.60. The number of carbonyl (C=O) groups excluding carboxylic acids is 1. The van der Waals surface area contributed by atoms with Crippen molar-refractivity contribution in [3.63, 3.8) is 0 Å². The largest absolute Gasteiger partial charge is 0.496 e. The van der Waals surface area contributed by atoms with E-state index in [0.29, 0.717) is 0 Å². The Labute approximate surface area is 139 Å². The number of sulfonamides is 1. The Morgan fingerprint density at radius 3 is 2.55 bits per heavy atom. The third-order valence-corrected chi connectivity index (χ3v) is 5.63. The molecule has 1 N–H and O–H groups in total. The van der Waals surface area contributed by atoms with Crippen LogP contribution in [0, 0.1) is 5.82 Å². The first-order valence-corrected chi connectivity index (χ1v) is 8.65. The van der Waals surface area contributed by atoms with Crippen LogP contribution in [0.3, 0.4) is 0 Å². The normalized spacial score (nSPS) is 11.3. The molecule has 1 amide bonds. The summed E-state index contributed by atoms with van der Waals surface area (Å²) in [5.41, 5.74) is -0.261. The minimum Gasteiger partial charge on any atom is -0.496 e. The van der Waals surface area contributed by atoms with Crippen LogP contribution in [0.15, 0.2) is 29.2 Å². The maximum Gasteiger partial charge on any atom is 0.268 e. The molecular weight excluding hydrogens is 376 g/mol. The third-order valence-electron chi connectivity index (χ3n) is 2.55. The molecule has 2 rings (SSSR count). The van der Waals surface area contributed by atoms with Gasteiger partial charge < -0.3 is 4.74 Å². The molecule has 0 saturated heterocycles. The highest BCUT2D eigenvalue weighted by Crippen LogP contribution is 2.34. The molecule has 0 atom stereocenters. The smallest absolute Gasteiger partial charge is 0.268 e. The average molecular weight is 384 g/mol. The van der Waals surface area contributed by atoms with Gasteiger partial charge in [-0.1, -0.05) is 23.2 Å². The van der Waals surface area contributed by atoms with Gasteiger partial charge in [-0.25, -0.2) is 17.5 Å². The highest BCUT2D eigenvalue weighted by molar-refractivity contribution is 7.90. The lowest BCUT2D eigenvalue weighted by Gasteiger charge is -2.09. The van der Waals surface area contributed by atoms with Gasteiger partial charge in [0.1, 0.15) is 20.8 Å². The molecule has 0 bridgehead atoms. The van der Waals surface area contributed by atoms with Gasteiger partial charge in [0, 0.05) is 0 Å². The Hall–Kier alpha value is -1.35. The molecule has 0 aliphatic rings. The number of ether oxygens (including phenoxy) is 1. The molecular formula is C12H8Cl2FNO4S2. The minimum absolute atomic E-state index is 0.0311. The van der Waals surface area contributed by atoms with E-state index in [4.69, 9.17) is 27.9 Å². The number of carbonyl (C=O) groups is 1. The summed E-state index contributed by atoms with van der Waals surface area (Å²) in [4.78, 5) is 11.7. The fourth-order valence-corrected chi connectivity index (χ4v) is 4.71. The Morgan fingerprint density at radius 1 is 1.32 bits per heavy atom. The van der Waals surface area contributed by atoms with E-state index in [1.807, 2.05) is 0 Å². The molecule has 10 heteroatoms. The Morgan fingerprint density at radius 2 is 2.00 bits per heavy atom. The maximum absolute atomic E-state index is 13.2. The number of hydrogen-bond acceptors (Lipinski definition) is 5. The number of methoxy groups -OCH3 is 1. The molecule has 5 nitrogen and oxygen atoms in total. The van der Waals surface area contributed by atoms with Gasteiger partial charge in [0.2, 0.25) is 0 Å². The lowest BCUT2D eigenvalue weighted by Crippen LogP contribution is -2.30. The number of nitrogens with one attached hydrogen (secondary N) is 1. The van der Waals surface area contributed by atoms with E-state index in [1.165, 1.54) is 13.2 Å². The van der Waals surface area contributed by atoms with E-state index >= 15 is 0 Å². The zero-order valence-electron chi connectivity index (χ0n) is 10.9. The molecule has 2 aromatic rings. The number of thiophene rings is 1. The van der Waals surface area contributed by atoms with Crippen molar-refractivity contribution in [2.45, 2.75) is 4.90 Å². The monoisotopic (exact) mass is 383 g/mol. The molecule has 0 radical (unpaired) electrons. The van der Waals surface area contributed by atoms with Gasteiger partial charge in [0.15, 0.2) is 0 Å². The molecule has 0 saturated carbocycles. The van der Waals surface area contributed by atoms with Crippen LogP contribution in [0.1, 0.15) is 10.4 Å². The summed E-state index contributed by atoms with van der Waals surface area (Å²) in [5, 5.41) is 0. The second-order valence-corrected chi connectivity index (χ2v) is 7.90. The van der Waals surface area contributed by atoms with Crippen molar-refractivity contribution in [1.82, 2.24) is 4.72 Å². The highest BCUT2D eigenvalue weighted by atomic mass is 35.5. The maximum atomic E-state index is 13.2. The van der Waals surface area contributed by atoms with Crippen molar-refractivity contribution in [2.24, 2.45) is 0 Å². The van der Waals surface area contributed by atoms with Crippen LogP contribution in [0.2, 0.25) is 8.67 Å². The predicted molar refractivity (Wildman–Crippen MR) is 81.9 cm³/mol. The van der Waals surface area contributed by atoms with Crippen molar-refractivity contribution in [1.29, 1.82) is 0 Å². The topological polar surface area (TPSA) is 72.5 Å². The number of rotatable bonds is 4. The zero-order valence-corrected chi connectivity index (χ0v) is 14.0. The zero-order chi connectivity index (χ0) is 16.5. The van der Waals surface area contributed by atoms with Gasteiger partial charge >= 0.3 is 0 Å². The van der Waals surface area contributed by atoms with E-state index in [9.17, 15) is 17.6 Å². The summed E-state index contributed by atoms with van der Waals surface area (Å²) < 4.78 is 44.3. The van der Waals surface area contributed by atoms with E-state index in [2.05, 4.69) is 0 Å². The molecule has 1 aromatic carbocycles. The van der Waals surface area contributed by atoms with Crippen LogP contribution in [0.5, 0.6) is 5.75 Å². The first-order chi connectivity index (χ1) is 10.2. The second kappa shape index (κ2) is 6.41. The molecule has 1 heterocycles. The van der Waals surface area contributed by atoms with Gasteiger partial charge in [0.25, 0.3) is 15.9 Å². The molecule has 0 aliphatic heterocycles. The van der Waals surface area contributed by atoms with E-state index in [1.54, 1.807) is 4.72 Å². The van der Waals surface area contributed by atoms with Crippen LogP contribution in [0.4, 0.5) is 4.39 Å². The van der Waals surface area contributed by atoms with Crippen molar-refractivity contribution >= 4 is 50.5 Å². The standard InChI is InChI=1S/C12H8Cl2FNO4S2/c1-20-8-3-2-6(15)4-7(8)12(17)16-22(18,19)9-5-10(13)21-11(9)14/h2-5H,1H3,(H,16,17). The van der Waals surface area contributed by atoms with E-state index < -0.39 is 21.7 Å². The first kappa shape index (κ1) is 17.0. The SMILES string of the molecule is COc1ccc(F)cc1C(=O)NS(=O)(=O)c1cc(Cl)sc1Cl. The molecule has 0 unspecified atom stereocenters. The molecule has 22 heavy (non-hydrogen) atoms. The van der Waals surface area contributed by atoms with Crippen molar-refractivity contribution in [2.75, 3.05) is 7.11 Å². The van der Waals surface area contributed by atoms with Crippen LogP contribution in [-0.2, 0) is 10.0 Å². The van der Waals surface area contributed by atoms with E-state index in [0.717, 1.165) is 29.5 Å². The Balaban J connectivity index is 2.36. The molecule has 0 aliphatic carbocycles. The summed E-state index contributed by atoms with van der Waals surface area (Å²) in [5.74, 6) is -1.72. The predicted octanol–water partition coefficient (Wildman–Crippen LogP) is 3.32. The number of halogens is 3. The first-order valence-electron chi connectivity index (χ1n) is 5.60. The summed E-state index contributed by atoms with van der Waals surface area (Å²) in [6, 6.07) is 4.28. The summed E-state index contributed by atoms with van der Waals surface area (Å²) in [6.45, 7) is 0. The quantitative estimate of drug-likeness (QED) is 0.878. The van der Waals surface area contributed by atoms with Gasteiger partial charge in [-0.2, -0.15) is 0 Å². The Bertz CT molecular complexity index is 836. The van der Waals surface area contributed by atoms with Crippen molar-refractivity contribution < 1.29 is 22.3 Å². The van der Waals surface area contributed by atoms with Crippen LogP contribution >= 0.6 is 34.5 Å². The number of hydrogen-bond donors (Lipinski definition) is 1. The Kier molecular flexibility index (Phi) is 4.96. The molecule has 118 valence electrons. The minimum atomic E-state index is -4.24. The second-order valence-electron chi connectivity index (χ2n) is 3.97. The van der Waals surface area contributed by atoms with Gasteiger partial charge in [-0.15, -0.1) is 11.3 Å². The fraction of sp³-hybridized carbons (Fsp3) is 0.0833. The molecule has 0 spiro atoms. The van der Waals surface area contributed by atoms with Crippen LogP contribution < -0.4 is 9.46 Å². The molecule has 1 aromatic heterocycles. The third kappa shape index (κ3) is 3.52. The van der Waals surface area contributed by atoms with Gasteiger partial charge in [0.05, 0.1) is 17.0 Å². The van der Waals surface area contributed by atoms with Gasteiger partial charge in [-0.05, 0) is 24.3 Å². The molecule has 0 fully saturated rings. The van der Waals surface area contributed by atoms with Crippen molar-refractivity contribution in [3.8, 4) is 5.75 Å². The number of benzene rings is 1. The van der Waals surface area contributed by atoms with Crippen LogP contribution in [-0.4, -0.2) is 21.4 Å². The van der Waals surface area contributed by atoms with Crippen LogP contribution in [0.25, 0.3) is 0 Å². The average Bonchev–Trinajstić information content (AvgIpc) is 2.78. The van der Waals surface area contributed by atoms with Gasteiger partial charge in [-0.3, -0.25) is 4.79 Å². The summed E-state index contributed by atoms with van der Waals surface area (Å²) >= 11 is 12.3. The lowest BCUT2D eigenvalue weighted by atomic mass is 10.2. The summed E-state index contributed by atoms with van der Waals surface area (Å²) in [6.07, 6.45) is 0. The highest BCUT2D eigenvalue weighted by Gasteiger charge is 2.25. The van der Waals surface area contributed by atoms with Crippen molar-refractivity contribution in [3.05, 3.63) is 44.3 Å². The number of amides is 1. The lowest BCUT2D eigenvalue weighted by molar-refractivity contribution is 0.0978.